The number of halogens is 1. The first-order valence-electron chi connectivity index (χ1n) is 9.17. The fourth-order valence-corrected chi connectivity index (χ4v) is 5.29. The Hall–Kier alpha value is -2.05. The maximum atomic E-state index is 12.7. The number of rotatable bonds is 4. The second kappa shape index (κ2) is 7.17. The molecule has 2 aromatic carbocycles. The van der Waals surface area contributed by atoms with Crippen molar-refractivity contribution < 1.29 is 13.2 Å². The zero-order chi connectivity index (χ0) is 19.0. The normalized spacial score (nSPS) is 17.1. The zero-order valence-corrected chi connectivity index (χ0v) is 16.4. The number of nitrogens with zero attached hydrogens (tertiary/aromatic N) is 1. The summed E-state index contributed by atoms with van der Waals surface area (Å²) in [6.07, 6.45) is 4.94. The smallest absolute Gasteiger partial charge is 0.261 e. The number of carbonyl (C=O) groups excluding carboxylic acids is 1. The summed E-state index contributed by atoms with van der Waals surface area (Å²) in [5.74, 6) is 0.343. The lowest BCUT2D eigenvalue weighted by Crippen LogP contribution is -2.33. The molecule has 2 aromatic rings. The lowest BCUT2D eigenvalue weighted by molar-refractivity contribution is -0.122. The molecule has 1 saturated carbocycles. The van der Waals surface area contributed by atoms with Crippen molar-refractivity contribution in [3.63, 3.8) is 0 Å². The second-order valence-electron chi connectivity index (χ2n) is 7.13. The molecule has 1 N–H and O–H groups in total. The summed E-state index contributed by atoms with van der Waals surface area (Å²) in [5, 5.41) is 0.368. The summed E-state index contributed by atoms with van der Waals surface area (Å²) in [6.45, 7) is 0.662. The number of carbonyl (C=O) groups is 1. The highest BCUT2D eigenvalue weighted by molar-refractivity contribution is 7.92. The topological polar surface area (TPSA) is 66.5 Å². The molecule has 5 nitrogen and oxygen atoms in total. The summed E-state index contributed by atoms with van der Waals surface area (Å²) >= 11 is 5.90. The third-order valence-corrected chi connectivity index (χ3v) is 6.92. The molecule has 1 fully saturated rings. The van der Waals surface area contributed by atoms with Crippen molar-refractivity contribution in [2.75, 3.05) is 16.2 Å². The Labute approximate surface area is 164 Å². The van der Waals surface area contributed by atoms with Crippen LogP contribution in [0.15, 0.2) is 47.4 Å². The SMILES string of the molecule is O=C(C1CCCC1)N1CCc2cc(NS(=O)(=O)c3cccc(Cl)c3)ccc21. The van der Waals surface area contributed by atoms with Crippen LogP contribution >= 0.6 is 11.6 Å². The van der Waals surface area contributed by atoms with E-state index >= 15 is 0 Å². The van der Waals surface area contributed by atoms with Gasteiger partial charge in [-0.25, -0.2) is 8.42 Å². The van der Waals surface area contributed by atoms with E-state index in [9.17, 15) is 13.2 Å². The van der Waals surface area contributed by atoms with E-state index in [0.29, 0.717) is 17.3 Å². The van der Waals surface area contributed by atoms with Crippen molar-refractivity contribution in [1.82, 2.24) is 0 Å². The van der Waals surface area contributed by atoms with E-state index in [2.05, 4.69) is 4.72 Å². The number of nitrogens with one attached hydrogen (secondary N) is 1. The Bertz CT molecular complexity index is 984. The minimum atomic E-state index is -3.71. The number of amides is 1. The maximum Gasteiger partial charge on any atom is 0.261 e. The van der Waals surface area contributed by atoms with Gasteiger partial charge >= 0.3 is 0 Å². The average Bonchev–Trinajstić information content (AvgIpc) is 3.30. The van der Waals surface area contributed by atoms with Gasteiger partial charge in [-0.05, 0) is 61.2 Å². The Kier molecular flexibility index (Phi) is 4.86. The molecule has 0 aromatic heterocycles. The fourth-order valence-electron chi connectivity index (χ4n) is 3.94. The van der Waals surface area contributed by atoms with Gasteiger partial charge in [-0.3, -0.25) is 9.52 Å². The predicted molar refractivity (Wildman–Crippen MR) is 107 cm³/mol. The molecule has 1 heterocycles. The predicted octanol–water partition coefficient (Wildman–Crippen LogP) is 4.22. The summed E-state index contributed by atoms with van der Waals surface area (Å²) in [4.78, 5) is 14.7. The van der Waals surface area contributed by atoms with E-state index in [1.807, 2.05) is 17.0 Å². The highest BCUT2D eigenvalue weighted by Gasteiger charge is 2.32. The highest BCUT2D eigenvalue weighted by atomic mass is 35.5. The van der Waals surface area contributed by atoms with Crippen LogP contribution in [-0.2, 0) is 21.2 Å². The van der Waals surface area contributed by atoms with Crippen LogP contribution < -0.4 is 9.62 Å². The van der Waals surface area contributed by atoms with Gasteiger partial charge < -0.3 is 4.90 Å². The molecule has 1 aliphatic heterocycles. The van der Waals surface area contributed by atoms with Crippen LogP contribution in [0.5, 0.6) is 0 Å². The van der Waals surface area contributed by atoms with Crippen molar-refractivity contribution in [3.8, 4) is 0 Å². The molecule has 0 saturated heterocycles. The summed E-state index contributed by atoms with van der Waals surface area (Å²) < 4.78 is 27.7. The van der Waals surface area contributed by atoms with Crippen LogP contribution in [0, 0.1) is 5.92 Å². The minimum absolute atomic E-state index is 0.119. The lowest BCUT2D eigenvalue weighted by atomic mass is 10.1. The van der Waals surface area contributed by atoms with Gasteiger partial charge in [0.15, 0.2) is 0 Å². The van der Waals surface area contributed by atoms with E-state index in [-0.39, 0.29) is 16.7 Å². The molecule has 0 radical (unpaired) electrons. The van der Waals surface area contributed by atoms with Gasteiger partial charge in [0.05, 0.1) is 4.90 Å². The Balaban J connectivity index is 1.55. The molecule has 2 aliphatic rings. The molecule has 7 heteroatoms. The molecule has 27 heavy (non-hydrogen) atoms. The number of hydrogen-bond acceptors (Lipinski definition) is 3. The van der Waals surface area contributed by atoms with Gasteiger partial charge in [-0.15, -0.1) is 0 Å². The summed E-state index contributed by atoms with van der Waals surface area (Å²) in [5.41, 5.74) is 2.38. The van der Waals surface area contributed by atoms with E-state index < -0.39 is 10.0 Å². The van der Waals surface area contributed by atoms with Crippen molar-refractivity contribution in [2.45, 2.75) is 37.0 Å². The van der Waals surface area contributed by atoms with E-state index in [1.165, 1.54) is 12.1 Å². The summed E-state index contributed by atoms with van der Waals surface area (Å²) in [6, 6.07) is 11.5. The van der Waals surface area contributed by atoms with Crippen LogP contribution in [0.4, 0.5) is 11.4 Å². The van der Waals surface area contributed by atoms with Crippen molar-refractivity contribution in [1.29, 1.82) is 0 Å². The minimum Gasteiger partial charge on any atom is -0.312 e. The monoisotopic (exact) mass is 404 g/mol. The second-order valence-corrected chi connectivity index (χ2v) is 9.25. The first kappa shape index (κ1) is 18.3. The van der Waals surface area contributed by atoms with Gasteiger partial charge in [0, 0.05) is 28.9 Å². The molecule has 0 bridgehead atoms. The van der Waals surface area contributed by atoms with Gasteiger partial charge in [-0.2, -0.15) is 0 Å². The Morgan fingerprint density at radius 3 is 2.63 bits per heavy atom. The van der Waals surface area contributed by atoms with E-state index in [1.54, 1.807) is 18.2 Å². The molecule has 0 unspecified atom stereocenters. The molecule has 0 atom stereocenters. The Morgan fingerprint density at radius 1 is 1.11 bits per heavy atom. The average molecular weight is 405 g/mol. The molecular weight excluding hydrogens is 384 g/mol. The molecule has 1 aliphatic carbocycles. The largest absolute Gasteiger partial charge is 0.312 e. The van der Waals surface area contributed by atoms with Crippen LogP contribution in [0.1, 0.15) is 31.2 Å². The molecule has 4 rings (SSSR count). The highest BCUT2D eigenvalue weighted by Crippen LogP contribution is 2.35. The number of anilines is 2. The zero-order valence-electron chi connectivity index (χ0n) is 14.8. The fraction of sp³-hybridized carbons (Fsp3) is 0.350. The number of benzene rings is 2. The lowest BCUT2D eigenvalue weighted by Gasteiger charge is -2.21. The van der Waals surface area contributed by atoms with E-state index in [4.69, 9.17) is 11.6 Å². The van der Waals surface area contributed by atoms with E-state index in [0.717, 1.165) is 43.4 Å². The van der Waals surface area contributed by atoms with Gasteiger partial charge in [0.1, 0.15) is 0 Å². The van der Waals surface area contributed by atoms with Crippen molar-refractivity contribution in [3.05, 3.63) is 53.1 Å². The first-order valence-corrected chi connectivity index (χ1v) is 11.0. The quantitative estimate of drug-likeness (QED) is 0.829. The van der Waals surface area contributed by atoms with Crippen LogP contribution in [0.2, 0.25) is 5.02 Å². The standard InChI is InChI=1S/C20H21ClN2O3S/c21-16-6-3-7-18(13-16)27(25,26)22-17-8-9-19-15(12-17)10-11-23(19)20(24)14-4-1-2-5-14/h3,6-9,12-14,22H,1-2,4-5,10-11H2. The van der Waals surface area contributed by atoms with Gasteiger partial charge in [0.25, 0.3) is 10.0 Å². The first-order chi connectivity index (χ1) is 12.9. The molecular formula is C20H21ClN2O3S. The number of hydrogen-bond donors (Lipinski definition) is 1. The Morgan fingerprint density at radius 2 is 1.89 bits per heavy atom. The molecule has 0 spiro atoms. The summed E-state index contributed by atoms with van der Waals surface area (Å²) in [7, 11) is -3.71. The van der Waals surface area contributed by atoms with Crippen molar-refractivity contribution in [2.24, 2.45) is 5.92 Å². The van der Waals surface area contributed by atoms with Gasteiger partial charge in [-0.1, -0.05) is 30.5 Å². The third-order valence-electron chi connectivity index (χ3n) is 5.30. The molecule has 142 valence electrons. The van der Waals surface area contributed by atoms with Crippen LogP contribution in [0.25, 0.3) is 0 Å². The number of fused-ring (bicyclic) bond motifs is 1. The van der Waals surface area contributed by atoms with Crippen molar-refractivity contribution >= 4 is 38.9 Å². The van der Waals surface area contributed by atoms with Gasteiger partial charge in [0.2, 0.25) is 5.91 Å². The number of sulfonamides is 1. The third kappa shape index (κ3) is 3.69. The molecule has 1 amide bonds. The van der Waals surface area contributed by atoms with Crippen LogP contribution in [-0.4, -0.2) is 20.9 Å². The van der Waals surface area contributed by atoms with Crippen LogP contribution in [0.3, 0.4) is 0 Å². The maximum absolute atomic E-state index is 12.7.